The Morgan fingerprint density at radius 1 is 0.325 bits per heavy atom. The van der Waals surface area contributed by atoms with Gasteiger partial charge in [-0.05, 0) is 57.7 Å². The Hall–Kier alpha value is -4.24. The summed E-state index contributed by atoms with van der Waals surface area (Å²) in [5.41, 5.74) is 7.33. The first kappa shape index (κ1) is 26.0. The Morgan fingerprint density at radius 2 is 0.575 bits per heavy atom. The normalized spacial score (nSPS) is 15.2. The molecule has 0 amide bonds. The SMILES string of the molecule is C(/C=C/C=C1C=C(c2ccccc2)SC(c2ccccc2)=C1)=C1C=C(c2ccccc2)SC(c2ccccc2)=C1. The van der Waals surface area contributed by atoms with E-state index in [1.807, 2.05) is 23.5 Å². The maximum Gasteiger partial charge on any atom is 0.0200 e. The van der Waals surface area contributed by atoms with Crippen molar-refractivity contribution < 1.29 is 0 Å². The fourth-order valence-electron chi connectivity index (χ4n) is 4.55. The largest absolute Gasteiger partial charge is 0.0888 e. The zero-order valence-electron chi connectivity index (χ0n) is 22.0. The predicted molar refractivity (Wildman–Crippen MR) is 178 cm³/mol. The van der Waals surface area contributed by atoms with Gasteiger partial charge < -0.3 is 0 Å². The van der Waals surface area contributed by atoms with Gasteiger partial charge in [-0.3, -0.25) is 0 Å². The third kappa shape index (κ3) is 6.48. The summed E-state index contributed by atoms with van der Waals surface area (Å²) in [6.07, 6.45) is 17.8. The van der Waals surface area contributed by atoms with E-state index < -0.39 is 0 Å². The highest BCUT2D eigenvalue weighted by molar-refractivity contribution is 8.17. The lowest BCUT2D eigenvalue weighted by atomic mass is 10.1. The molecule has 2 aliphatic rings. The van der Waals surface area contributed by atoms with Gasteiger partial charge in [0.1, 0.15) is 0 Å². The number of hydrogen-bond donors (Lipinski definition) is 0. The van der Waals surface area contributed by atoms with Gasteiger partial charge in [0, 0.05) is 19.6 Å². The van der Waals surface area contributed by atoms with Gasteiger partial charge in [0.15, 0.2) is 0 Å². The molecule has 0 nitrogen and oxygen atoms in total. The molecule has 0 radical (unpaired) electrons. The van der Waals surface area contributed by atoms with Crippen LogP contribution in [0.15, 0.2) is 181 Å². The topological polar surface area (TPSA) is 0 Å². The van der Waals surface area contributed by atoms with Crippen LogP contribution in [0.1, 0.15) is 22.3 Å². The van der Waals surface area contributed by atoms with Crippen LogP contribution in [0.25, 0.3) is 19.6 Å². The summed E-state index contributed by atoms with van der Waals surface area (Å²) < 4.78 is 0. The molecule has 0 aliphatic carbocycles. The van der Waals surface area contributed by atoms with Crippen molar-refractivity contribution in [2.75, 3.05) is 0 Å². The van der Waals surface area contributed by atoms with Gasteiger partial charge in [0.05, 0.1) is 0 Å². The van der Waals surface area contributed by atoms with Crippen molar-refractivity contribution in [3.8, 4) is 0 Å². The first-order chi connectivity index (χ1) is 19.8. The van der Waals surface area contributed by atoms with Crippen LogP contribution in [-0.4, -0.2) is 0 Å². The van der Waals surface area contributed by atoms with Crippen LogP contribution in [0.4, 0.5) is 0 Å². The van der Waals surface area contributed by atoms with E-state index in [9.17, 15) is 0 Å². The van der Waals surface area contributed by atoms with Crippen LogP contribution < -0.4 is 0 Å². The molecule has 0 aromatic heterocycles. The first-order valence-corrected chi connectivity index (χ1v) is 15.0. The van der Waals surface area contributed by atoms with Crippen LogP contribution in [0, 0.1) is 0 Å². The second-order valence-corrected chi connectivity index (χ2v) is 11.6. The first-order valence-electron chi connectivity index (χ1n) is 13.3. The molecule has 0 N–H and O–H groups in total. The number of allylic oxidation sites excluding steroid dienone is 10. The number of thioether (sulfide) groups is 2. The van der Waals surface area contributed by atoms with Gasteiger partial charge in [0.25, 0.3) is 0 Å². The third-order valence-corrected chi connectivity index (χ3v) is 8.85. The van der Waals surface area contributed by atoms with Gasteiger partial charge in [-0.25, -0.2) is 0 Å². The average Bonchev–Trinajstić information content (AvgIpc) is 3.04. The van der Waals surface area contributed by atoms with Crippen LogP contribution >= 0.6 is 23.5 Å². The molecule has 2 aliphatic heterocycles. The smallest absolute Gasteiger partial charge is 0.0200 e. The third-order valence-electron chi connectivity index (χ3n) is 6.55. The molecule has 0 fully saturated rings. The Morgan fingerprint density at radius 3 is 0.825 bits per heavy atom. The van der Waals surface area contributed by atoms with Crippen molar-refractivity contribution >= 4 is 43.1 Å². The summed E-state index contributed by atoms with van der Waals surface area (Å²) in [6.45, 7) is 0. The zero-order chi connectivity index (χ0) is 27.0. The lowest BCUT2D eigenvalue weighted by Gasteiger charge is -2.17. The quantitative estimate of drug-likeness (QED) is 0.235. The fraction of sp³-hybridized carbons (Fsp3) is 0. The van der Waals surface area contributed by atoms with Crippen LogP contribution in [0.3, 0.4) is 0 Å². The molecule has 0 unspecified atom stereocenters. The molecule has 40 heavy (non-hydrogen) atoms. The van der Waals surface area contributed by atoms with E-state index in [1.165, 1.54) is 53.0 Å². The Labute approximate surface area is 245 Å². The van der Waals surface area contributed by atoms with E-state index in [-0.39, 0.29) is 0 Å². The summed E-state index contributed by atoms with van der Waals surface area (Å²) in [5.74, 6) is 0. The van der Waals surface area contributed by atoms with Crippen molar-refractivity contribution in [3.63, 3.8) is 0 Å². The van der Waals surface area contributed by atoms with Crippen LogP contribution in [0.2, 0.25) is 0 Å². The van der Waals surface area contributed by atoms with E-state index >= 15 is 0 Å². The molecular weight excluding hydrogens is 521 g/mol. The van der Waals surface area contributed by atoms with Gasteiger partial charge in [-0.1, -0.05) is 169 Å². The standard InChI is InChI=1S/C38H28S2/c1-5-17-31(18-6-1)35-25-29(26-36(39-35)32-19-7-2-8-20-32)15-13-14-16-30-27-37(33-21-9-3-10-22-33)40-38(28-30)34-23-11-4-12-24-34/h1-28H/b14-13+. The molecule has 0 saturated heterocycles. The molecule has 6 rings (SSSR count). The molecule has 0 atom stereocenters. The molecular formula is C38H28S2. The highest BCUT2D eigenvalue weighted by atomic mass is 32.2. The number of hydrogen-bond acceptors (Lipinski definition) is 2. The van der Waals surface area contributed by atoms with Gasteiger partial charge in [0.2, 0.25) is 0 Å². The van der Waals surface area contributed by atoms with Gasteiger partial charge >= 0.3 is 0 Å². The van der Waals surface area contributed by atoms with Crippen LogP contribution in [0.5, 0.6) is 0 Å². The highest BCUT2D eigenvalue weighted by Gasteiger charge is 2.15. The van der Waals surface area contributed by atoms with E-state index in [0.717, 1.165) is 0 Å². The second kappa shape index (κ2) is 12.7. The van der Waals surface area contributed by atoms with Crippen LogP contribution in [-0.2, 0) is 0 Å². The molecule has 4 aromatic rings. The van der Waals surface area contributed by atoms with E-state index in [2.05, 4.69) is 170 Å². The highest BCUT2D eigenvalue weighted by Crippen LogP contribution is 2.45. The van der Waals surface area contributed by atoms with E-state index in [4.69, 9.17) is 0 Å². The molecule has 2 heterocycles. The molecule has 0 saturated carbocycles. The lowest BCUT2D eigenvalue weighted by Crippen LogP contribution is -1.91. The maximum atomic E-state index is 2.28. The van der Waals surface area contributed by atoms with Crippen molar-refractivity contribution in [1.82, 2.24) is 0 Å². The average molecular weight is 549 g/mol. The van der Waals surface area contributed by atoms with Gasteiger partial charge in [-0.2, -0.15) is 0 Å². The Balaban J connectivity index is 1.32. The van der Waals surface area contributed by atoms with Crippen molar-refractivity contribution in [1.29, 1.82) is 0 Å². The van der Waals surface area contributed by atoms with E-state index in [0.29, 0.717) is 0 Å². The molecule has 0 bridgehead atoms. The summed E-state index contributed by atoms with van der Waals surface area (Å²) in [6, 6.07) is 42.5. The monoisotopic (exact) mass is 548 g/mol. The minimum Gasteiger partial charge on any atom is -0.0888 e. The van der Waals surface area contributed by atoms with Crippen molar-refractivity contribution in [2.24, 2.45) is 0 Å². The number of benzene rings is 4. The second-order valence-electron chi connectivity index (χ2n) is 9.42. The molecule has 0 spiro atoms. The van der Waals surface area contributed by atoms with Gasteiger partial charge in [-0.15, -0.1) is 0 Å². The molecule has 192 valence electrons. The minimum atomic E-state index is 1.19. The Kier molecular flexibility index (Phi) is 8.28. The molecule has 4 aromatic carbocycles. The minimum absolute atomic E-state index is 1.19. The molecule has 2 heteroatoms. The zero-order valence-corrected chi connectivity index (χ0v) is 23.6. The van der Waals surface area contributed by atoms with E-state index in [1.54, 1.807) is 0 Å². The predicted octanol–water partition coefficient (Wildman–Crippen LogP) is 11.1. The summed E-state index contributed by atoms with van der Waals surface area (Å²) >= 11 is 3.65. The summed E-state index contributed by atoms with van der Waals surface area (Å²) in [7, 11) is 0. The van der Waals surface area contributed by atoms with Crippen molar-refractivity contribution in [2.45, 2.75) is 0 Å². The van der Waals surface area contributed by atoms with Crippen molar-refractivity contribution in [3.05, 3.63) is 203 Å². The lowest BCUT2D eigenvalue weighted by molar-refractivity contribution is 1.60. The summed E-state index contributed by atoms with van der Waals surface area (Å²) in [4.78, 5) is 5.04. The maximum absolute atomic E-state index is 2.28. The summed E-state index contributed by atoms with van der Waals surface area (Å²) in [5, 5.41) is 0. The number of rotatable bonds is 6. The fourth-order valence-corrected chi connectivity index (χ4v) is 6.82. The Bertz CT molecular complexity index is 1440.